The molecule has 2 nitrogen and oxygen atoms in total. The van der Waals surface area contributed by atoms with Crippen molar-refractivity contribution in [3.8, 4) is 0 Å². The molecule has 0 aliphatic carbocycles. The first-order chi connectivity index (χ1) is 4.47. The van der Waals surface area contributed by atoms with Crippen LogP contribution in [0.1, 0.15) is 12.8 Å². The summed E-state index contributed by atoms with van der Waals surface area (Å²) in [5.41, 5.74) is 0. The van der Waals surface area contributed by atoms with Crippen LogP contribution in [0.25, 0.3) is 0 Å². The average Bonchev–Trinajstić information content (AvgIpc) is 2.33. The zero-order chi connectivity index (χ0) is 6.10. The van der Waals surface area contributed by atoms with Gasteiger partial charge in [-0.3, -0.25) is 0 Å². The molecule has 0 radical (unpaired) electrons. The van der Waals surface area contributed by atoms with Gasteiger partial charge in [-0.25, -0.2) is 0 Å². The van der Waals surface area contributed by atoms with Crippen molar-refractivity contribution in [2.45, 2.75) is 18.9 Å². The van der Waals surface area contributed by atoms with Crippen LogP contribution < -0.4 is 5.32 Å². The first-order valence-electron chi connectivity index (χ1n) is 3.78. The molecular formula is C7H13NO. The van der Waals surface area contributed by atoms with Crippen molar-refractivity contribution in [1.82, 2.24) is 5.32 Å². The van der Waals surface area contributed by atoms with Crippen molar-refractivity contribution in [2.24, 2.45) is 5.92 Å². The lowest BCUT2D eigenvalue weighted by Crippen LogP contribution is -2.40. The Labute approximate surface area is 55.6 Å². The van der Waals surface area contributed by atoms with E-state index in [4.69, 9.17) is 4.74 Å². The highest BCUT2D eigenvalue weighted by molar-refractivity contribution is 4.84. The molecule has 52 valence electrons. The van der Waals surface area contributed by atoms with E-state index in [-0.39, 0.29) is 0 Å². The number of piperidine rings is 1. The summed E-state index contributed by atoms with van der Waals surface area (Å²) in [4.78, 5) is 0. The Kier molecular flexibility index (Phi) is 1.44. The van der Waals surface area contributed by atoms with Gasteiger partial charge in [0.05, 0.1) is 13.2 Å². The van der Waals surface area contributed by atoms with E-state index >= 15 is 0 Å². The summed E-state index contributed by atoms with van der Waals surface area (Å²) < 4.78 is 5.33. The average molecular weight is 127 g/mol. The molecule has 0 unspecified atom stereocenters. The minimum absolute atomic E-state index is 0.693. The standard InChI is InChI=1S/C7H13NO/c1-2-6-4-9-5-7(6)8-3-1/h6-8H,1-5H2/t6-,7+/m0/s1. The van der Waals surface area contributed by atoms with Crippen LogP contribution in [-0.2, 0) is 4.74 Å². The Balaban J connectivity index is 1.97. The first-order valence-corrected chi connectivity index (χ1v) is 3.78. The maximum Gasteiger partial charge on any atom is 0.0623 e. The number of rotatable bonds is 0. The highest BCUT2D eigenvalue weighted by Crippen LogP contribution is 2.21. The van der Waals surface area contributed by atoms with Gasteiger partial charge in [-0.05, 0) is 25.3 Å². The smallest absolute Gasteiger partial charge is 0.0623 e. The summed E-state index contributed by atoms with van der Waals surface area (Å²) in [6, 6.07) is 0.693. The van der Waals surface area contributed by atoms with E-state index in [1.54, 1.807) is 0 Å². The molecule has 0 aromatic heterocycles. The van der Waals surface area contributed by atoms with E-state index in [9.17, 15) is 0 Å². The molecule has 2 atom stereocenters. The molecule has 1 N–H and O–H groups in total. The Morgan fingerprint density at radius 1 is 1.33 bits per heavy atom. The van der Waals surface area contributed by atoms with E-state index in [1.807, 2.05) is 0 Å². The third-order valence-corrected chi connectivity index (χ3v) is 2.36. The van der Waals surface area contributed by atoms with Crippen molar-refractivity contribution in [1.29, 1.82) is 0 Å². The normalized spacial score (nSPS) is 42.7. The highest BCUT2D eigenvalue weighted by atomic mass is 16.5. The lowest BCUT2D eigenvalue weighted by Gasteiger charge is -2.24. The van der Waals surface area contributed by atoms with Gasteiger partial charge in [0.1, 0.15) is 0 Å². The third-order valence-electron chi connectivity index (χ3n) is 2.36. The number of nitrogens with one attached hydrogen (secondary N) is 1. The molecule has 2 aliphatic rings. The molecule has 9 heavy (non-hydrogen) atoms. The van der Waals surface area contributed by atoms with Crippen LogP contribution in [0, 0.1) is 5.92 Å². The maximum atomic E-state index is 5.33. The lowest BCUT2D eigenvalue weighted by atomic mass is 9.94. The van der Waals surface area contributed by atoms with Gasteiger partial charge in [0.2, 0.25) is 0 Å². The molecule has 2 saturated heterocycles. The Morgan fingerprint density at radius 2 is 2.33 bits per heavy atom. The molecular weight excluding hydrogens is 114 g/mol. The van der Waals surface area contributed by atoms with Gasteiger partial charge < -0.3 is 10.1 Å². The van der Waals surface area contributed by atoms with Crippen molar-refractivity contribution in [3.63, 3.8) is 0 Å². The Morgan fingerprint density at radius 3 is 3.22 bits per heavy atom. The summed E-state index contributed by atoms with van der Waals surface area (Å²) in [5.74, 6) is 0.832. The molecule has 2 aliphatic heterocycles. The molecule has 2 heterocycles. The zero-order valence-corrected chi connectivity index (χ0v) is 5.60. The molecule has 0 aromatic rings. The van der Waals surface area contributed by atoms with E-state index in [2.05, 4.69) is 5.32 Å². The van der Waals surface area contributed by atoms with Crippen molar-refractivity contribution in [3.05, 3.63) is 0 Å². The highest BCUT2D eigenvalue weighted by Gasteiger charge is 2.29. The predicted octanol–water partition coefficient (Wildman–Crippen LogP) is 0.385. The minimum Gasteiger partial charge on any atom is -0.379 e. The number of hydrogen-bond acceptors (Lipinski definition) is 2. The van der Waals surface area contributed by atoms with Gasteiger partial charge in [-0.1, -0.05) is 0 Å². The second kappa shape index (κ2) is 2.27. The summed E-state index contributed by atoms with van der Waals surface area (Å²) in [6.07, 6.45) is 2.71. The number of hydrogen-bond donors (Lipinski definition) is 1. The first kappa shape index (κ1) is 5.69. The summed E-state index contributed by atoms with van der Waals surface area (Å²) >= 11 is 0. The molecule has 2 heteroatoms. The largest absolute Gasteiger partial charge is 0.379 e. The van der Waals surface area contributed by atoms with E-state index in [1.165, 1.54) is 19.4 Å². The summed E-state index contributed by atoms with van der Waals surface area (Å²) in [6.45, 7) is 3.15. The quantitative estimate of drug-likeness (QED) is 0.508. The summed E-state index contributed by atoms with van der Waals surface area (Å²) in [5, 5.41) is 3.46. The Bertz CT molecular complexity index is 93.1. The van der Waals surface area contributed by atoms with Crippen LogP contribution in [0.2, 0.25) is 0 Å². The van der Waals surface area contributed by atoms with Crippen LogP contribution >= 0.6 is 0 Å². The van der Waals surface area contributed by atoms with Gasteiger partial charge in [-0.15, -0.1) is 0 Å². The second-order valence-electron chi connectivity index (χ2n) is 3.00. The fraction of sp³-hybridized carbons (Fsp3) is 1.00. The maximum absolute atomic E-state index is 5.33. The van der Waals surface area contributed by atoms with Crippen LogP contribution in [0.5, 0.6) is 0 Å². The minimum atomic E-state index is 0.693. The number of fused-ring (bicyclic) bond motifs is 1. The predicted molar refractivity (Wildman–Crippen MR) is 35.3 cm³/mol. The van der Waals surface area contributed by atoms with Crippen molar-refractivity contribution >= 4 is 0 Å². The molecule has 0 aromatic carbocycles. The molecule has 2 fully saturated rings. The fourth-order valence-corrected chi connectivity index (χ4v) is 1.76. The third kappa shape index (κ3) is 0.970. The van der Waals surface area contributed by atoms with Crippen molar-refractivity contribution in [2.75, 3.05) is 19.8 Å². The zero-order valence-electron chi connectivity index (χ0n) is 5.60. The van der Waals surface area contributed by atoms with E-state index in [0.717, 1.165) is 19.1 Å². The lowest BCUT2D eigenvalue weighted by molar-refractivity contribution is 0.183. The monoisotopic (exact) mass is 127 g/mol. The van der Waals surface area contributed by atoms with E-state index < -0.39 is 0 Å². The fourth-order valence-electron chi connectivity index (χ4n) is 1.76. The van der Waals surface area contributed by atoms with Gasteiger partial charge in [-0.2, -0.15) is 0 Å². The van der Waals surface area contributed by atoms with Crippen LogP contribution in [0.3, 0.4) is 0 Å². The van der Waals surface area contributed by atoms with E-state index in [0.29, 0.717) is 6.04 Å². The van der Waals surface area contributed by atoms with Gasteiger partial charge in [0.25, 0.3) is 0 Å². The molecule has 0 spiro atoms. The van der Waals surface area contributed by atoms with Gasteiger partial charge >= 0.3 is 0 Å². The van der Waals surface area contributed by atoms with Crippen LogP contribution in [0.15, 0.2) is 0 Å². The van der Waals surface area contributed by atoms with Crippen molar-refractivity contribution < 1.29 is 4.74 Å². The molecule has 0 saturated carbocycles. The Hall–Kier alpha value is -0.0800. The number of ether oxygens (including phenoxy) is 1. The molecule has 0 bridgehead atoms. The summed E-state index contributed by atoms with van der Waals surface area (Å²) in [7, 11) is 0. The van der Waals surface area contributed by atoms with Crippen LogP contribution in [0.4, 0.5) is 0 Å². The van der Waals surface area contributed by atoms with Gasteiger partial charge in [0, 0.05) is 6.04 Å². The molecule has 2 rings (SSSR count). The topological polar surface area (TPSA) is 21.3 Å². The van der Waals surface area contributed by atoms with Crippen LogP contribution in [-0.4, -0.2) is 25.8 Å². The SMILES string of the molecule is C1CN[C@@H]2COC[C@@H]2C1. The van der Waals surface area contributed by atoms with Gasteiger partial charge in [0.15, 0.2) is 0 Å². The molecule has 0 amide bonds. The second-order valence-corrected chi connectivity index (χ2v) is 3.00.